The Morgan fingerprint density at radius 1 is 1.18 bits per heavy atom. The molecule has 0 heterocycles. The molecule has 1 aromatic carbocycles. The highest BCUT2D eigenvalue weighted by Gasteiger charge is 2.15. The molecule has 1 unspecified atom stereocenters. The van der Waals surface area contributed by atoms with Gasteiger partial charge in [-0.15, -0.1) is 24.0 Å². The van der Waals surface area contributed by atoms with Crippen LogP contribution >= 0.6 is 24.0 Å². The predicted octanol–water partition coefficient (Wildman–Crippen LogP) is 3.12. The van der Waals surface area contributed by atoms with Crippen LogP contribution in [0.4, 0.5) is 0 Å². The standard InChI is InChI=1S/C21H34N4O2.HI/c1-2-22-21(23-15-13-19(26)17-9-5-3-6-10-17)24-16-14-20(27)25-18-11-7-4-8-12-18;/h3,5-6,9-10,18-19,26H,2,4,7-8,11-16H2,1H3,(H,25,27)(H2,22,23,24);1H. The molecule has 0 aromatic heterocycles. The van der Waals surface area contributed by atoms with Crippen molar-refractivity contribution in [3.63, 3.8) is 0 Å². The number of benzene rings is 1. The number of hydrogen-bond donors (Lipinski definition) is 4. The molecule has 1 amide bonds. The molecule has 0 bridgehead atoms. The number of aliphatic imine (C=N–C) groups is 1. The lowest BCUT2D eigenvalue weighted by atomic mass is 9.95. The van der Waals surface area contributed by atoms with E-state index in [4.69, 9.17) is 0 Å². The van der Waals surface area contributed by atoms with Gasteiger partial charge in [0.1, 0.15) is 0 Å². The van der Waals surface area contributed by atoms with Crippen molar-refractivity contribution in [1.82, 2.24) is 16.0 Å². The molecule has 6 nitrogen and oxygen atoms in total. The van der Waals surface area contributed by atoms with Crippen LogP contribution in [0.15, 0.2) is 35.3 Å². The molecule has 2 rings (SSSR count). The Kier molecular flexibility index (Phi) is 12.9. The van der Waals surface area contributed by atoms with E-state index in [1.165, 1.54) is 19.3 Å². The summed E-state index contributed by atoms with van der Waals surface area (Å²) in [6, 6.07) is 9.97. The molecule has 1 aromatic rings. The first-order chi connectivity index (χ1) is 13.2. The smallest absolute Gasteiger partial charge is 0.221 e. The lowest BCUT2D eigenvalue weighted by molar-refractivity contribution is -0.121. The number of hydrogen-bond acceptors (Lipinski definition) is 3. The molecule has 0 aliphatic heterocycles. The van der Waals surface area contributed by atoms with Crippen molar-refractivity contribution in [2.24, 2.45) is 4.99 Å². The molecule has 0 saturated heterocycles. The zero-order chi connectivity index (χ0) is 19.3. The van der Waals surface area contributed by atoms with E-state index in [9.17, 15) is 9.90 Å². The summed E-state index contributed by atoms with van der Waals surface area (Å²) in [7, 11) is 0. The first kappa shape index (κ1) is 24.7. The van der Waals surface area contributed by atoms with Crippen molar-refractivity contribution < 1.29 is 9.90 Å². The van der Waals surface area contributed by atoms with Crippen molar-refractivity contribution in [3.05, 3.63) is 35.9 Å². The maximum Gasteiger partial charge on any atom is 0.221 e. The third-order valence-corrected chi connectivity index (χ3v) is 4.82. The molecular weight excluding hydrogens is 467 g/mol. The molecule has 28 heavy (non-hydrogen) atoms. The number of nitrogens with one attached hydrogen (secondary N) is 3. The van der Waals surface area contributed by atoms with Gasteiger partial charge < -0.3 is 21.1 Å². The van der Waals surface area contributed by atoms with Crippen molar-refractivity contribution in [2.75, 3.05) is 19.6 Å². The van der Waals surface area contributed by atoms with Crippen molar-refractivity contribution in [2.45, 2.75) is 64.0 Å². The fourth-order valence-electron chi connectivity index (χ4n) is 3.32. The Hall–Kier alpha value is -1.35. The highest BCUT2D eigenvalue weighted by atomic mass is 127. The van der Waals surface area contributed by atoms with Crippen molar-refractivity contribution >= 4 is 35.8 Å². The summed E-state index contributed by atoms with van der Waals surface area (Å²) in [5.74, 6) is 0.785. The minimum Gasteiger partial charge on any atom is -0.388 e. The van der Waals surface area contributed by atoms with E-state index >= 15 is 0 Å². The molecule has 1 aliphatic carbocycles. The molecule has 1 fully saturated rings. The van der Waals surface area contributed by atoms with E-state index in [1.54, 1.807) is 0 Å². The largest absolute Gasteiger partial charge is 0.388 e. The molecule has 1 atom stereocenters. The van der Waals surface area contributed by atoms with Crippen LogP contribution in [0.25, 0.3) is 0 Å². The van der Waals surface area contributed by atoms with Crippen LogP contribution in [0.2, 0.25) is 0 Å². The van der Waals surface area contributed by atoms with Crippen LogP contribution in [0.3, 0.4) is 0 Å². The molecule has 1 aliphatic rings. The number of halogens is 1. The first-order valence-corrected chi connectivity index (χ1v) is 10.2. The third-order valence-electron chi connectivity index (χ3n) is 4.82. The maximum absolute atomic E-state index is 12.1. The number of rotatable bonds is 9. The van der Waals surface area contributed by atoms with Gasteiger partial charge >= 0.3 is 0 Å². The van der Waals surface area contributed by atoms with Gasteiger partial charge in [0.25, 0.3) is 0 Å². The quantitative estimate of drug-likeness (QED) is 0.238. The van der Waals surface area contributed by atoms with E-state index in [2.05, 4.69) is 20.9 Å². The lowest BCUT2D eigenvalue weighted by Gasteiger charge is -2.22. The lowest BCUT2D eigenvalue weighted by Crippen LogP contribution is -2.41. The molecule has 158 valence electrons. The average Bonchev–Trinajstić information content (AvgIpc) is 2.69. The molecule has 0 radical (unpaired) electrons. The van der Waals surface area contributed by atoms with Gasteiger partial charge in [0.2, 0.25) is 5.91 Å². The fraction of sp³-hybridized carbons (Fsp3) is 0.619. The number of aliphatic hydroxyl groups is 1. The summed E-state index contributed by atoms with van der Waals surface area (Å²) in [6.07, 6.45) is 6.41. The summed E-state index contributed by atoms with van der Waals surface area (Å²) in [5, 5.41) is 19.7. The summed E-state index contributed by atoms with van der Waals surface area (Å²) in [6.45, 7) is 3.82. The number of nitrogens with zero attached hydrogens (tertiary/aromatic N) is 1. The van der Waals surface area contributed by atoms with Gasteiger partial charge in [0.15, 0.2) is 5.96 Å². The van der Waals surface area contributed by atoms with E-state index < -0.39 is 6.10 Å². The topological polar surface area (TPSA) is 85.8 Å². The van der Waals surface area contributed by atoms with E-state index in [0.29, 0.717) is 37.9 Å². The average molecular weight is 502 g/mol. The zero-order valence-electron chi connectivity index (χ0n) is 16.8. The number of carbonyl (C=O) groups is 1. The van der Waals surface area contributed by atoms with Crippen LogP contribution in [-0.4, -0.2) is 42.6 Å². The summed E-state index contributed by atoms with van der Waals surface area (Å²) >= 11 is 0. The van der Waals surface area contributed by atoms with Gasteiger partial charge in [0.05, 0.1) is 6.10 Å². The Morgan fingerprint density at radius 3 is 2.57 bits per heavy atom. The Bertz CT molecular complexity index is 577. The minimum absolute atomic E-state index is 0. The second-order valence-electron chi connectivity index (χ2n) is 7.06. The van der Waals surface area contributed by atoms with Gasteiger partial charge in [0, 0.05) is 32.1 Å². The monoisotopic (exact) mass is 502 g/mol. The van der Waals surface area contributed by atoms with Gasteiger partial charge in [-0.25, -0.2) is 0 Å². The zero-order valence-corrected chi connectivity index (χ0v) is 19.2. The van der Waals surface area contributed by atoms with Gasteiger partial charge in [-0.2, -0.15) is 0 Å². The van der Waals surface area contributed by atoms with Crippen molar-refractivity contribution in [1.29, 1.82) is 0 Å². The van der Waals surface area contributed by atoms with Crippen LogP contribution < -0.4 is 16.0 Å². The SMILES string of the molecule is CCNC(=NCCC(O)c1ccccc1)NCCC(=O)NC1CCCCC1.I. The predicted molar refractivity (Wildman–Crippen MR) is 125 cm³/mol. The number of guanidine groups is 1. The molecule has 7 heteroatoms. The van der Waals surface area contributed by atoms with E-state index in [-0.39, 0.29) is 29.9 Å². The Balaban J connectivity index is 0.00000392. The van der Waals surface area contributed by atoms with Gasteiger partial charge in [-0.1, -0.05) is 49.6 Å². The molecule has 4 N–H and O–H groups in total. The first-order valence-electron chi connectivity index (χ1n) is 10.2. The van der Waals surface area contributed by atoms with Gasteiger partial charge in [-0.3, -0.25) is 9.79 Å². The van der Waals surface area contributed by atoms with Crippen molar-refractivity contribution in [3.8, 4) is 0 Å². The van der Waals surface area contributed by atoms with Crippen LogP contribution in [0.1, 0.15) is 63.5 Å². The molecule has 1 saturated carbocycles. The highest BCUT2D eigenvalue weighted by Crippen LogP contribution is 2.17. The van der Waals surface area contributed by atoms with Crippen LogP contribution in [-0.2, 0) is 4.79 Å². The van der Waals surface area contributed by atoms with Gasteiger partial charge in [-0.05, 0) is 31.7 Å². The minimum atomic E-state index is -0.515. The Morgan fingerprint density at radius 2 is 1.89 bits per heavy atom. The molecule has 0 spiro atoms. The third kappa shape index (κ3) is 9.73. The van der Waals surface area contributed by atoms with Crippen LogP contribution in [0, 0.1) is 0 Å². The molecular formula is C21H35IN4O2. The Labute approximate surface area is 186 Å². The second-order valence-corrected chi connectivity index (χ2v) is 7.06. The maximum atomic E-state index is 12.1. The highest BCUT2D eigenvalue weighted by molar-refractivity contribution is 14.0. The normalized spacial score (nSPS) is 16.0. The number of amides is 1. The van der Waals surface area contributed by atoms with Crippen LogP contribution in [0.5, 0.6) is 0 Å². The number of carbonyl (C=O) groups excluding carboxylic acids is 1. The summed E-state index contributed by atoms with van der Waals surface area (Å²) in [5.41, 5.74) is 0.907. The summed E-state index contributed by atoms with van der Waals surface area (Å²) in [4.78, 5) is 16.6. The van der Waals surface area contributed by atoms with E-state index in [1.807, 2.05) is 37.3 Å². The number of aliphatic hydroxyl groups excluding tert-OH is 1. The fourth-order valence-corrected chi connectivity index (χ4v) is 3.32. The second kappa shape index (κ2) is 14.6. The van der Waals surface area contributed by atoms with E-state index in [0.717, 1.165) is 24.9 Å². The summed E-state index contributed by atoms with van der Waals surface area (Å²) < 4.78 is 0.